The number of aryl methyl sites for hydroxylation is 1. The minimum Gasteiger partial charge on any atom is -0.379 e. The van der Waals surface area contributed by atoms with Crippen molar-refractivity contribution >= 4 is 39.8 Å². The molecule has 2 N–H and O–H groups in total. The second-order valence-electron chi connectivity index (χ2n) is 5.98. The summed E-state index contributed by atoms with van der Waals surface area (Å²) < 4.78 is 5.33. The molecule has 0 radical (unpaired) electrons. The normalized spacial score (nSPS) is 15.0. The van der Waals surface area contributed by atoms with Crippen LogP contribution in [-0.4, -0.2) is 60.2 Å². The Morgan fingerprint density at radius 1 is 1.38 bits per heavy atom. The third kappa shape index (κ3) is 5.38. The highest BCUT2D eigenvalue weighted by Gasteiger charge is 2.16. The molecule has 0 saturated carbocycles. The van der Waals surface area contributed by atoms with Gasteiger partial charge in [0.1, 0.15) is 10.7 Å². The monoisotopic (exact) mass is 395 g/mol. The van der Waals surface area contributed by atoms with Gasteiger partial charge in [0.15, 0.2) is 5.13 Å². The minimum absolute atomic E-state index is 0.0842. The third-order valence-electron chi connectivity index (χ3n) is 4.01. The van der Waals surface area contributed by atoms with Crippen LogP contribution in [0.15, 0.2) is 18.3 Å². The molecule has 1 fully saturated rings. The van der Waals surface area contributed by atoms with E-state index < -0.39 is 0 Å². The van der Waals surface area contributed by atoms with Gasteiger partial charge in [0.25, 0.3) is 5.91 Å². The Labute approximate surface area is 161 Å². The van der Waals surface area contributed by atoms with E-state index in [4.69, 9.17) is 16.3 Å². The van der Waals surface area contributed by atoms with E-state index in [0.29, 0.717) is 33.1 Å². The highest BCUT2D eigenvalue weighted by molar-refractivity contribution is 7.17. The van der Waals surface area contributed by atoms with Crippen LogP contribution in [0, 0.1) is 6.92 Å². The van der Waals surface area contributed by atoms with Crippen LogP contribution in [0.5, 0.6) is 0 Å². The number of halogens is 1. The number of hydrogen-bond acceptors (Lipinski definition) is 7. The first-order valence-electron chi connectivity index (χ1n) is 8.56. The summed E-state index contributed by atoms with van der Waals surface area (Å²) in [5.74, 6) is 0.555. The molecule has 1 amide bonds. The molecule has 3 heterocycles. The summed E-state index contributed by atoms with van der Waals surface area (Å²) >= 11 is 7.15. The standard InChI is InChI=1S/C17H22ClN5O2S/c1-12-15(16(24)19-5-2-6-23-7-9-25-10-8-23)26-17(21-12)22-14-4-3-13(18)11-20-14/h3-4,11H,2,5-10H2,1H3,(H,19,24)(H,20,21,22). The van der Waals surface area contributed by atoms with Crippen molar-refractivity contribution in [1.82, 2.24) is 20.2 Å². The van der Waals surface area contributed by atoms with Gasteiger partial charge in [-0.25, -0.2) is 9.97 Å². The van der Waals surface area contributed by atoms with Gasteiger partial charge in [-0.15, -0.1) is 0 Å². The van der Waals surface area contributed by atoms with Crippen LogP contribution in [0.2, 0.25) is 5.02 Å². The maximum Gasteiger partial charge on any atom is 0.263 e. The highest BCUT2D eigenvalue weighted by Crippen LogP contribution is 2.25. The van der Waals surface area contributed by atoms with Gasteiger partial charge in [-0.1, -0.05) is 22.9 Å². The van der Waals surface area contributed by atoms with Crippen molar-refractivity contribution in [2.45, 2.75) is 13.3 Å². The molecule has 2 aromatic rings. The number of ether oxygens (including phenoxy) is 1. The molecular formula is C17H22ClN5O2S. The van der Waals surface area contributed by atoms with E-state index >= 15 is 0 Å². The number of nitrogens with zero attached hydrogens (tertiary/aromatic N) is 3. The third-order valence-corrected chi connectivity index (χ3v) is 5.30. The Hall–Kier alpha value is -1.74. The Morgan fingerprint density at radius 2 is 2.19 bits per heavy atom. The summed E-state index contributed by atoms with van der Waals surface area (Å²) in [6.07, 6.45) is 2.48. The summed E-state index contributed by atoms with van der Waals surface area (Å²) in [6, 6.07) is 3.52. The zero-order valence-corrected chi connectivity index (χ0v) is 16.2. The fourth-order valence-corrected chi connectivity index (χ4v) is 3.63. The van der Waals surface area contributed by atoms with Crippen molar-refractivity contribution in [1.29, 1.82) is 0 Å². The van der Waals surface area contributed by atoms with Crippen LogP contribution >= 0.6 is 22.9 Å². The second kappa shape index (κ2) is 9.27. The first kappa shape index (κ1) is 19.0. The topological polar surface area (TPSA) is 79.4 Å². The molecule has 7 nitrogen and oxygen atoms in total. The zero-order valence-electron chi connectivity index (χ0n) is 14.6. The van der Waals surface area contributed by atoms with Crippen LogP contribution in [-0.2, 0) is 4.74 Å². The van der Waals surface area contributed by atoms with Crippen LogP contribution in [0.25, 0.3) is 0 Å². The number of aromatic nitrogens is 2. The van der Waals surface area contributed by atoms with E-state index in [1.54, 1.807) is 18.3 Å². The Balaban J connectivity index is 1.48. The number of carbonyl (C=O) groups is 1. The van der Waals surface area contributed by atoms with E-state index in [0.717, 1.165) is 39.3 Å². The smallest absolute Gasteiger partial charge is 0.263 e. The van der Waals surface area contributed by atoms with Gasteiger partial charge in [0.05, 0.1) is 23.9 Å². The second-order valence-corrected chi connectivity index (χ2v) is 7.42. The Morgan fingerprint density at radius 3 is 2.92 bits per heavy atom. The van der Waals surface area contributed by atoms with Crippen LogP contribution in [0.1, 0.15) is 21.8 Å². The molecular weight excluding hydrogens is 374 g/mol. The lowest BCUT2D eigenvalue weighted by molar-refractivity contribution is 0.0374. The van der Waals surface area contributed by atoms with E-state index in [-0.39, 0.29) is 5.91 Å². The molecule has 0 atom stereocenters. The van der Waals surface area contributed by atoms with Crippen molar-refractivity contribution in [2.24, 2.45) is 0 Å². The number of morpholine rings is 1. The van der Waals surface area contributed by atoms with Gasteiger partial charge in [0, 0.05) is 25.8 Å². The molecule has 0 spiro atoms. The summed E-state index contributed by atoms with van der Waals surface area (Å²) in [5, 5.41) is 7.28. The van der Waals surface area contributed by atoms with E-state index in [9.17, 15) is 4.79 Å². The number of anilines is 2. The highest BCUT2D eigenvalue weighted by atomic mass is 35.5. The lowest BCUT2D eigenvalue weighted by atomic mass is 10.3. The minimum atomic E-state index is -0.0842. The molecule has 3 rings (SSSR count). The molecule has 2 aromatic heterocycles. The molecule has 0 bridgehead atoms. The quantitative estimate of drug-likeness (QED) is 0.702. The van der Waals surface area contributed by atoms with Crippen molar-refractivity contribution < 1.29 is 9.53 Å². The largest absolute Gasteiger partial charge is 0.379 e. The van der Waals surface area contributed by atoms with E-state index in [1.165, 1.54) is 11.3 Å². The first-order valence-corrected chi connectivity index (χ1v) is 9.75. The van der Waals surface area contributed by atoms with Gasteiger partial charge in [-0.2, -0.15) is 0 Å². The number of hydrogen-bond donors (Lipinski definition) is 2. The Kier molecular flexibility index (Phi) is 6.79. The van der Waals surface area contributed by atoms with Crippen molar-refractivity contribution in [3.63, 3.8) is 0 Å². The van der Waals surface area contributed by atoms with E-state index in [1.807, 2.05) is 6.92 Å². The zero-order chi connectivity index (χ0) is 18.4. The summed E-state index contributed by atoms with van der Waals surface area (Å²) in [6.45, 7) is 6.98. The molecule has 0 aromatic carbocycles. The van der Waals surface area contributed by atoms with Crippen LogP contribution in [0.3, 0.4) is 0 Å². The van der Waals surface area contributed by atoms with Crippen LogP contribution in [0.4, 0.5) is 10.9 Å². The number of nitrogens with one attached hydrogen (secondary N) is 2. The van der Waals surface area contributed by atoms with Gasteiger partial charge in [-0.05, 0) is 32.0 Å². The predicted octanol–water partition coefficient (Wildman–Crippen LogP) is 2.70. The molecule has 140 valence electrons. The van der Waals surface area contributed by atoms with Crippen molar-refractivity contribution in [3.05, 3.63) is 33.9 Å². The number of carbonyl (C=O) groups excluding carboxylic acids is 1. The SMILES string of the molecule is Cc1nc(Nc2ccc(Cl)cn2)sc1C(=O)NCCCN1CCOCC1. The number of amides is 1. The number of rotatable bonds is 7. The summed E-state index contributed by atoms with van der Waals surface area (Å²) in [5.41, 5.74) is 0.706. The van der Waals surface area contributed by atoms with Gasteiger partial charge >= 0.3 is 0 Å². The average Bonchev–Trinajstić information content (AvgIpc) is 3.02. The summed E-state index contributed by atoms with van der Waals surface area (Å²) in [7, 11) is 0. The fraction of sp³-hybridized carbons (Fsp3) is 0.471. The van der Waals surface area contributed by atoms with Gasteiger partial charge in [-0.3, -0.25) is 9.69 Å². The molecule has 26 heavy (non-hydrogen) atoms. The van der Waals surface area contributed by atoms with Gasteiger partial charge < -0.3 is 15.4 Å². The summed E-state index contributed by atoms with van der Waals surface area (Å²) in [4.78, 5) is 23.9. The maximum atomic E-state index is 12.4. The fourth-order valence-electron chi connectivity index (χ4n) is 2.63. The van der Waals surface area contributed by atoms with E-state index in [2.05, 4.69) is 25.5 Å². The lowest BCUT2D eigenvalue weighted by Crippen LogP contribution is -2.38. The molecule has 0 aliphatic carbocycles. The van der Waals surface area contributed by atoms with Crippen LogP contribution < -0.4 is 10.6 Å². The predicted molar refractivity (Wildman–Crippen MR) is 104 cm³/mol. The molecule has 1 aliphatic heterocycles. The van der Waals surface area contributed by atoms with Crippen molar-refractivity contribution in [2.75, 3.05) is 44.7 Å². The number of pyridine rings is 1. The Bertz CT molecular complexity index is 731. The molecule has 1 aliphatic rings. The molecule has 0 unspecified atom stereocenters. The lowest BCUT2D eigenvalue weighted by Gasteiger charge is -2.26. The van der Waals surface area contributed by atoms with Gasteiger partial charge in [0.2, 0.25) is 0 Å². The molecule has 9 heteroatoms. The number of thiazole rings is 1. The molecule has 1 saturated heterocycles. The maximum absolute atomic E-state index is 12.4. The average molecular weight is 396 g/mol. The first-order chi connectivity index (χ1) is 12.6. The van der Waals surface area contributed by atoms with Crippen molar-refractivity contribution in [3.8, 4) is 0 Å².